The van der Waals surface area contributed by atoms with Crippen LogP contribution in [0.5, 0.6) is 5.75 Å². The van der Waals surface area contributed by atoms with Crippen LogP contribution < -0.4 is 4.31 Å². The fraction of sp³-hybridized carbons (Fsp3) is 0.154. The van der Waals surface area contributed by atoms with Crippen molar-refractivity contribution >= 4 is 15.7 Å². The second-order valence-corrected chi connectivity index (χ2v) is 6.17. The third-order valence-electron chi connectivity index (χ3n) is 2.67. The average Bonchev–Trinajstić information content (AvgIpc) is 2.39. The van der Waals surface area contributed by atoms with Crippen molar-refractivity contribution in [1.29, 1.82) is 0 Å². The maximum absolute atomic E-state index is 13.4. The molecule has 5 nitrogen and oxygen atoms in total. The van der Waals surface area contributed by atoms with Crippen LogP contribution in [0.25, 0.3) is 0 Å². The van der Waals surface area contributed by atoms with Crippen LogP contribution in [-0.4, -0.2) is 24.8 Å². The van der Waals surface area contributed by atoms with Gasteiger partial charge in [-0.1, -0.05) is 6.07 Å². The van der Waals surface area contributed by atoms with Crippen LogP contribution >= 0.6 is 0 Å². The summed E-state index contributed by atoms with van der Waals surface area (Å²) in [6.07, 6.45) is 4.15. The predicted octanol–water partition coefficient (Wildman–Crippen LogP) is 1.89. The highest BCUT2D eigenvalue weighted by Crippen LogP contribution is 2.25. The van der Waals surface area contributed by atoms with Gasteiger partial charge in [-0.05, 0) is 23.8 Å². The minimum Gasteiger partial charge on any atom is -0.505 e. The zero-order valence-corrected chi connectivity index (χ0v) is 11.5. The van der Waals surface area contributed by atoms with E-state index in [9.17, 15) is 12.8 Å². The maximum atomic E-state index is 13.4. The van der Waals surface area contributed by atoms with Crippen LogP contribution in [0.15, 0.2) is 42.7 Å². The van der Waals surface area contributed by atoms with Crippen molar-refractivity contribution in [2.75, 3.05) is 10.6 Å². The molecule has 0 spiro atoms. The van der Waals surface area contributed by atoms with Crippen LogP contribution in [0.3, 0.4) is 0 Å². The number of rotatable bonds is 4. The Labute approximate surface area is 116 Å². The van der Waals surface area contributed by atoms with E-state index in [2.05, 4.69) is 4.98 Å². The molecule has 0 aliphatic rings. The first-order valence-electron chi connectivity index (χ1n) is 5.73. The molecule has 0 unspecified atom stereocenters. The van der Waals surface area contributed by atoms with Crippen molar-refractivity contribution in [2.45, 2.75) is 6.54 Å². The number of anilines is 1. The first-order chi connectivity index (χ1) is 9.38. The van der Waals surface area contributed by atoms with Crippen LogP contribution in [-0.2, 0) is 16.6 Å². The van der Waals surface area contributed by atoms with Gasteiger partial charge in [-0.25, -0.2) is 12.8 Å². The van der Waals surface area contributed by atoms with Gasteiger partial charge in [0.05, 0.1) is 18.5 Å². The Morgan fingerprint density at radius 3 is 2.65 bits per heavy atom. The molecule has 1 heterocycles. The molecule has 7 heteroatoms. The van der Waals surface area contributed by atoms with Crippen molar-refractivity contribution in [3.8, 4) is 5.75 Å². The summed E-state index contributed by atoms with van der Waals surface area (Å²) in [5, 5.41) is 9.17. The molecule has 106 valence electrons. The molecule has 1 aromatic heterocycles. The lowest BCUT2D eigenvalue weighted by Crippen LogP contribution is -2.29. The Bertz CT molecular complexity index is 705. The fourth-order valence-electron chi connectivity index (χ4n) is 1.71. The van der Waals surface area contributed by atoms with Crippen molar-refractivity contribution in [1.82, 2.24) is 4.98 Å². The number of hydrogen-bond donors (Lipinski definition) is 1. The number of phenolic OH excluding ortho intramolecular Hbond substituents is 1. The summed E-state index contributed by atoms with van der Waals surface area (Å²) < 4.78 is 38.1. The van der Waals surface area contributed by atoms with E-state index < -0.39 is 21.6 Å². The molecule has 1 aromatic carbocycles. The minimum absolute atomic E-state index is 0.0386. The van der Waals surface area contributed by atoms with E-state index >= 15 is 0 Å². The van der Waals surface area contributed by atoms with Gasteiger partial charge in [-0.3, -0.25) is 9.29 Å². The van der Waals surface area contributed by atoms with E-state index in [0.29, 0.717) is 5.56 Å². The fourth-order valence-corrected chi connectivity index (χ4v) is 2.59. The second-order valence-electron chi connectivity index (χ2n) is 4.27. The SMILES string of the molecule is CS(=O)(=O)N(Cc1cccnc1)c1ccc(O)c(F)c1. The maximum Gasteiger partial charge on any atom is 0.232 e. The summed E-state index contributed by atoms with van der Waals surface area (Å²) in [4.78, 5) is 3.91. The Morgan fingerprint density at radius 1 is 1.35 bits per heavy atom. The van der Waals surface area contributed by atoms with Gasteiger partial charge in [-0.2, -0.15) is 0 Å². The van der Waals surface area contributed by atoms with Crippen LogP contribution in [0.4, 0.5) is 10.1 Å². The van der Waals surface area contributed by atoms with E-state index in [0.717, 1.165) is 22.7 Å². The number of hydrogen-bond acceptors (Lipinski definition) is 4. The smallest absolute Gasteiger partial charge is 0.232 e. The largest absolute Gasteiger partial charge is 0.505 e. The van der Waals surface area contributed by atoms with Crippen molar-refractivity contribution < 1.29 is 17.9 Å². The van der Waals surface area contributed by atoms with Gasteiger partial charge in [0.15, 0.2) is 11.6 Å². The molecule has 0 saturated carbocycles. The summed E-state index contributed by atoms with van der Waals surface area (Å²) in [5.41, 5.74) is 0.818. The molecule has 2 rings (SSSR count). The Hall–Kier alpha value is -2.15. The number of benzene rings is 1. The normalized spacial score (nSPS) is 11.3. The topological polar surface area (TPSA) is 70.5 Å². The summed E-state index contributed by atoms with van der Waals surface area (Å²) in [6.45, 7) is 0.0386. The van der Waals surface area contributed by atoms with Gasteiger partial charge in [0.2, 0.25) is 10.0 Å². The zero-order valence-electron chi connectivity index (χ0n) is 10.7. The summed E-state index contributed by atoms with van der Waals surface area (Å²) >= 11 is 0. The average molecular weight is 296 g/mol. The second kappa shape index (κ2) is 5.46. The lowest BCUT2D eigenvalue weighted by Gasteiger charge is -2.22. The minimum atomic E-state index is -3.59. The van der Waals surface area contributed by atoms with Crippen molar-refractivity contribution in [3.63, 3.8) is 0 Å². The predicted molar refractivity (Wildman–Crippen MR) is 73.3 cm³/mol. The number of sulfonamides is 1. The van der Waals surface area contributed by atoms with E-state index in [1.807, 2.05) is 0 Å². The zero-order chi connectivity index (χ0) is 14.8. The Balaban J connectivity index is 2.41. The van der Waals surface area contributed by atoms with Gasteiger partial charge < -0.3 is 5.11 Å². The molecule has 0 saturated heterocycles. The van der Waals surface area contributed by atoms with E-state index in [-0.39, 0.29) is 12.2 Å². The monoisotopic (exact) mass is 296 g/mol. The summed E-state index contributed by atoms with van der Waals surface area (Å²) in [7, 11) is -3.59. The van der Waals surface area contributed by atoms with Crippen molar-refractivity contribution in [2.24, 2.45) is 0 Å². The van der Waals surface area contributed by atoms with Gasteiger partial charge >= 0.3 is 0 Å². The molecule has 0 amide bonds. The molecular weight excluding hydrogens is 283 g/mol. The molecule has 1 N–H and O–H groups in total. The van der Waals surface area contributed by atoms with Crippen molar-refractivity contribution in [3.05, 3.63) is 54.1 Å². The van der Waals surface area contributed by atoms with E-state index in [1.165, 1.54) is 12.3 Å². The molecular formula is C13H13FN2O3S. The van der Waals surface area contributed by atoms with Gasteiger partial charge in [0.25, 0.3) is 0 Å². The molecule has 0 aliphatic heterocycles. The van der Waals surface area contributed by atoms with Gasteiger partial charge in [0.1, 0.15) is 0 Å². The number of nitrogens with zero attached hydrogens (tertiary/aromatic N) is 2. The number of aromatic hydroxyl groups is 1. The molecule has 0 radical (unpaired) electrons. The lowest BCUT2D eigenvalue weighted by atomic mass is 10.2. The van der Waals surface area contributed by atoms with Gasteiger partial charge in [0, 0.05) is 18.5 Å². The molecule has 0 atom stereocenters. The lowest BCUT2D eigenvalue weighted by molar-refractivity contribution is 0.432. The molecule has 0 fully saturated rings. The molecule has 2 aromatic rings. The van der Waals surface area contributed by atoms with E-state index in [4.69, 9.17) is 5.11 Å². The summed E-state index contributed by atoms with van der Waals surface area (Å²) in [6, 6.07) is 6.85. The first-order valence-corrected chi connectivity index (χ1v) is 7.58. The first kappa shape index (κ1) is 14.3. The van der Waals surface area contributed by atoms with Gasteiger partial charge in [-0.15, -0.1) is 0 Å². The highest BCUT2D eigenvalue weighted by molar-refractivity contribution is 7.92. The number of pyridine rings is 1. The van der Waals surface area contributed by atoms with Crippen LogP contribution in [0, 0.1) is 5.82 Å². The quantitative estimate of drug-likeness (QED) is 0.935. The number of phenols is 1. The highest BCUT2D eigenvalue weighted by atomic mass is 32.2. The molecule has 20 heavy (non-hydrogen) atoms. The highest BCUT2D eigenvalue weighted by Gasteiger charge is 2.19. The Kier molecular flexibility index (Phi) is 3.89. The Morgan fingerprint density at radius 2 is 2.10 bits per heavy atom. The molecule has 0 aliphatic carbocycles. The number of halogens is 1. The standard InChI is InChI=1S/C13H13FN2O3S/c1-20(18,19)16(9-10-3-2-6-15-8-10)11-4-5-13(17)12(14)7-11/h2-8,17H,9H2,1H3. The van der Waals surface area contributed by atoms with Crippen LogP contribution in [0.2, 0.25) is 0 Å². The van der Waals surface area contributed by atoms with Crippen LogP contribution in [0.1, 0.15) is 5.56 Å². The van der Waals surface area contributed by atoms with E-state index in [1.54, 1.807) is 18.3 Å². The number of aromatic nitrogens is 1. The molecule has 0 bridgehead atoms. The summed E-state index contributed by atoms with van der Waals surface area (Å²) in [5.74, 6) is -1.40. The third kappa shape index (κ3) is 3.24. The third-order valence-corrected chi connectivity index (χ3v) is 3.81.